The zero-order valence-electron chi connectivity index (χ0n) is 8.53. The van der Waals surface area contributed by atoms with Crippen LogP contribution < -0.4 is 5.32 Å². The highest BCUT2D eigenvalue weighted by Crippen LogP contribution is 2.25. The summed E-state index contributed by atoms with van der Waals surface area (Å²) >= 11 is 0. The molecule has 0 spiro atoms. The van der Waals surface area contributed by atoms with E-state index in [-0.39, 0.29) is 5.91 Å². The maximum atomic E-state index is 11.7. The molecule has 1 aliphatic rings. The minimum absolute atomic E-state index is 0.0318. The van der Waals surface area contributed by atoms with Crippen LogP contribution in [-0.2, 0) is 0 Å². The van der Waals surface area contributed by atoms with Crippen molar-refractivity contribution in [2.45, 2.75) is 13.0 Å². The van der Waals surface area contributed by atoms with Gasteiger partial charge < -0.3 is 9.88 Å². The van der Waals surface area contributed by atoms with Crippen molar-refractivity contribution in [3.8, 4) is 0 Å². The van der Waals surface area contributed by atoms with E-state index in [4.69, 9.17) is 0 Å². The predicted molar refractivity (Wildman–Crippen MR) is 59.0 cm³/mol. The first kappa shape index (κ1) is 8.53. The van der Waals surface area contributed by atoms with Gasteiger partial charge in [-0.3, -0.25) is 4.79 Å². The zero-order chi connectivity index (χ0) is 10.4. The summed E-state index contributed by atoms with van der Waals surface area (Å²) < 4.78 is 2.12. The maximum Gasteiger partial charge on any atom is 0.268 e. The Labute approximate surface area is 87.7 Å². The minimum atomic E-state index is 0.0318. The molecule has 3 heteroatoms. The number of carbonyl (C=O) groups is 1. The van der Waals surface area contributed by atoms with Crippen LogP contribution in [0.25, 0.3) is 10.9 Å². The Morgan fingerprint density at radius 3 is 3.07 bits per heavy atom. The fraction of sp³-hybridized carbons (Fsp3) is 0.250. The monoisotopic (exact) mass is 200 g/mol. The van der Waals surface area contributed by atoms with E-state index in [1.54, 1.807) is 0 Å². The number of nitrogens with one attached hydrogen (secondary N) is 1. The lowest BCUT2D eigenvalue weighted by atomic mass is 10.2. The second-order valence-corrected chi connectivity index (χ2v) is 4.02. The largest absolute Gasteiger partial charge is 0.349 e. The van der Waals surface area contributed by atoms with E-state index in [0.29, 0.717) is 12.6 Å². The second-order valence-electron chi connectivity index (χ2n) is 4.02. The molecule has 3 nitrogen and oxygen atoms in total. The average Bonchev–Trinajstić information content (AvgIpc) is 2.64. The van der Waals surface area contributed by atoms with Gasteiger partial charge in [-0.2, -0.15) is 0 Å². The van der Waals surface area contributed by atoms with E-state index in [9.17, 15) is 4.79 Å². The van der Waals surface area contributed by atoms with Crippen LogP contribution in [-0.4, -0.2) is 17.0 Å². The lowest BCUT2D eigenvalue weighted by Crippen LogP contribution is -2.37. The SMILES string of the molecule is C[C@@H]1CNC(=O)c2cc3ccccc3n21. The molecule has 15 heavy (non-hydrogen) atoms. The Balaban J connectivity index is 2.38. The van der Waals surface area contributed by atoms with Gasteiger partial charge in [-0.1, -0.05) is 18.2 Å². The smallest absolute Gasteiger partial charge is 0.268 e. The van der Waals surface area contributed by atoms with Crippen molar-refractivity contribution in [1.82, 2.24) is 9.88 Å². The summed E-state index contributed by atoms with van der Waals surface area (Å²) in [7, 11) is 0. The summed E-state index contributed by atoms with van der Waals surface area (Å²) in [6.45, 7) is 2.83. The van der Waals surface area contributed by atoms with Gasteiger partial charge in [0.25, 0.3) is 5.91 Å². The predicted octanol–water partition coefficient (Wildman–Crippen LogP) is 1.95. The van der Waals surface area contributed by atoms with Crippen molar-refractivity contribution in [2.75, 3.05) is 6.54 Å². The first-order chi connectivity index (χ1) is 7.27. The summed E-state index contributed by atoms with van der Waals surface area (Å²) in [5.74, 6) is 0.0318. The number of rotatable bonds is 0. The molecule has 0 saturated heterocycles. The molecule has 0 radical (unpaired) electrons. The fourth-order valence-electron chi connectivity index (χ4n) is 2.25. The summed E-state index contributed by atoms with van der Waals surface area (Å²) in [6, 6.07) is 10.4. The van der Waals surface area contributed by atoms with Crippen molar-refractivity contribution >= 4 is 16.8 Å². The Morgan fingerprint density at radius 1 is 1.40 bits per heavy atom. The molecule has 2 heterocycles. The molecule has 1 aromatic heterocycles. The Kier molecular flexibility index (Phi) is 1.63. The minimum Gasteiger partial charge on any atom is -0.349 e. The van der Waals surface area contributed by atoms with Gasteiger partial charge >= 0.3 is 0 Å². The van der Waals surface area contributed by atoms with Gasteiger partial charge in [0.1, 0.15) is 5.69 Å². The van der Waals surface area contributed by atoms with E-state index < -0.39 is 0 Å². The number of carbonyl (C=O) groups excluding carboxylic acids is 1. The van der Waals surface area contributed by atoms with Gasteiger partial charge in [0, 0.05) is 23.5 Å². The molecule has 0 bridgehead atoms. The number of amides is 1. The first-order valence-corrected chi connectivity index (χ1v) is 5.15. The lowest BCUT2D eigenvalue weighted by molar-refractivity contribution is 0.0919. The van der Waals surface area contributed by atoms with Crippen LogP contribution in [0.15, 0.2) is 30.3 Å². The van der Waals surface area contributed by atoms with Crippen molar-refractivity contribution in [3.05, 3.63) is 36.0 Å². The molecule has 1 aromatic carbocycles. The Bertz CT molecular complexity index is 542. The normalized spacial score (nSPS) is 20.1. The molecule has 2 aromatic rings. The molecule has 3 rings (SSSR count). The van der Waals surface area contributed by atoms with E-state index in [1.807, 2.05) is 24.3 Å². The third-order valence-electron chi connectivity index (χ3n) is 2.98. The van der Waals surface area contributed by atoms with Crippen molar-refractivity contribution in [2.24, 2.45) is 0 Å². The number of hydrogen-bond donors (Lipinski definition) is 1. The van der Waals surface area contributed by atoms with Crippen LogP contribution in [0.1, 0.15) is 23.5 Å². The van der Waals surface area contributed by atoms with Crippen LogP contribution in [0.2, 0.25) is 0 Å². The van der Waals surface area contributed by atoms with Crippen molar-refractivity contribution in [1.29, 1.82) is 0 Å². The summed E-state index contributed by atoms with van der Waals surface area (Å²) in [4.78, 5) is 11.7. The Hall–Kier alpha value is -1.77. The van der Waals surface area contributed by atoms with Crippen LogP contribution >= 0.6 is 0 Å². The van der Waals surface area contributed by atoms with Gasteiger partial charge in [-0.25, -0.2) is 0 Å². The molecule has 0 unspecified atom stereocenters. The number of aromatic nitrogens is 1. The molecule has 1 N–H and O–H groups in total. The molecule has 76 valence electrons. The first-order valence-electron chi connectivity index (χ1n) is 5.15. The standard InChI is InChI=1S/C12H12N2O/c1-8-7-13-12(15)11-6-9-4-2-3-5-10(9)14(8)11/h2-6,8H,7H2,1H3,(H,13,15)/t8-/m1/s1. The lowest BCUT2D eigenvalue weighted by Gasteiger charge is -2.23. The molecule has 1 atom stereocenters. The molecule has 1 amide bonds. The molecule has 0 aliphatic carbocycles. The molecule has 0 fully saturated rings. The van der Waals surface area contributed by atoms with E-state index >= 15 is 0 Å². The van der Waals surface area contributed by atoms with Crippen LogP contribution in [0, 0.1) is 0 Å². The number of para-hydroxylation sites is 1. The third-order valence-corrected chi connectivity index (χ3v) is 2.98. The van der Waals surface area contributed by atoms with E-state index in [1.165, 1.54) is 0 Å². The van der Waals surface area contributed by atoms with E-state index in [0.717, 1.165) is 16.6 Å². The average molecular weight is 200 g/mol. The molecule has 0 saturated carbocycles. The quantitative estimate of drug-likeness (QED) is 0.693. The van der Waals surface area contributed by atoms with Gasteiger partial charge in [0.2, 0.25) is 0 Å². The molecule has 1 aliphatic heterocycles. The van der Waals surface area contributed by atoms with Crippen molar-refractivity contribution in [3.63, 3.8) is 0 Å². The highest BCUT2D eigenvalue weighted by atomic mass is 16.2. The zero-order valence-corrected chi connectivity index (χ0v) is 8.53. The van der Waals surface area contributed by atoms with Gasteiger partial charge in [0.15, 0.2) is 0 Å². The van der Waals surface area contributed by atoms with E-state index in [2.05, 4.69) is 22.9 Å². The van der Waals surface area contributed by atoms with Crippen molar-refractivity contribution < 1.29 is 4.79 Å². The highest BCUT2D eigenvalue weighted by molar-refractivity contribution is 5.99. The molecular formula is C12H12N2O. The summed E-state index contributed by atoms with van der Waals surface area (Å²) in [5.41, 5.74) is 1.92. The number of nitrogens with zero attached hydrogens (tertiary/aromatic N) is 1. The summed E-state index contributed by atoms with van der Waals surface area (Å²) in [5, 5.41) is 4.02. The maximum absolute atomic E-state index is 11.7. The summed E-state index contributed by atoms with van der Waals surface area (Å²) in [6.07, 6.45) is 0. The second kappa shape index (κ2) is 2.86. The van der Waals surface area contributed by atoms with Gasteiger partial charge in [-0.05, 0) is 19.1 Å². The van der Waals surface area contributed by atoms with Crippen LogP contribution in [0.5, 0.6) is 0 Å². The molecular weight excluding hydrogens is 188 g/mol. The van der Waals surface area contributed by atoms with Gasteiger partial charge in [-0.15, -0.1) is 0 Å². The fourth-order valence-corrected chi connectivity index (χ4v) is 2.25. The third kappa shape index (κ3) is 1.09. The number of fused-ring (bicyclic) bond motifs is 3. The number of benzene rings is 1. The number of hydrogen-bond acceptors (Lipinski definition) is 1. The topological polar surface area (TPSA) is 34.0 Å². The van der Waals surface area contributed by atoms with Gasteiger partial charge in [0.05, 0.1) is 0 Å². The highest BCUT2D eigenvalue weighted by Gasteiger charge is 2.23. The van der Waals surface area contributed by atoms with Crippen LogP contribution in [0.3, 0.4) is 0 Å². The van der Waals surface area contributed by atoms with Crippen LogP contribution in [0.4, 0.5) is 0 Å². The Morgan fingerprint density at radius 2 is 2.20 bits per heavy atom.